The summed E-state index contributed by atoms with van der Waals surface area (Å²) >= 11 is 0. The second-order valence-electron chi connectivity index (χ2n) is 9.66. The molecule has 3 rings (SSSR count). The van der Waals surface area contributed by atoms with E-state index in [1.807, 2.05) is 20.8 Å². The molecule has 0 radical (unpaired) electrons. The molecule has 0 aromatic heterocycles. The van der Waals surface area contributed by atoms with Crippen LogP contribution >= 0.6 is 0 Å². The van der Waals surface area contributed by atoms with Crippen LogP contribution in [0.25, 0.3) is 0 Å². The summed E-state index contributed by atoms with van der Waals surface area (Å²) in [5.41, 5.74) is -0.485. The number of imide groups is 2. The van der Waals surface area contributed by atoms with E-state index in [1.54, 1.807) is 25.1 Å². The number of ether oxygens (including phenoxy) is 1. The lowest BCUT2D eigenvalue weighted by Gasteiger charge is -2.32. The van der Waals surface area contributed by atoms with Crippen molar-refractivity contribution in [2.45, 2.75) is 77.0 Å². The number of nitrogens with one attached hydrogen (secondary N) is 2. The minimum atomic E-state index is -1.03. The molecule has 0 saturated carbocycles. The molecule has 2 atom stereocenters. The van der Waals surface area contributed by atoms with E-state index in [2.05, 4.69) is 10.6 Å². The van der Waals surface area contributed by atoms with Crippen LogP contribution in [0, 0.1) is 0 Å². The SMILES string of the molecule is CCC(C)(CC(=O)O)OCCC(C)(C)Nc1cccc2c1C(=O)N(C1CCC(=O)NC1=O)C2=O. The van der Waals surface area contributed by atoms with Crippen LogP contribution < -0.4 is 10.6 Å². The van der Waals surface area contributed by atoms with E-state index in [-0.39, 0.29) is 30.4 Å². The van der Waals surface area contributed by atoms with Crippen LogP contribution in [0.1, 0.15) is 80.5 Å². The molecule has 184 valence electrons. The Morgan fingerprint density at radius 2 is 1.91 bits per heavy atom. The first-order valence-corrected chi connectivity index (χ1v) is 11.4. The van der Waals surface area contributed by atoms with Crippen molar-refractivity contribution in [3.05, 3.63) is 29.3 Å². The van der Waals surface area contributed by atoms with Crippen molar-refractivity contribution in [3.63, 3.8) is 0 Å². The van der Waals surface area contributed by atoms with E-state index in [0.29, 0.717) is 25.1 Å². The molecule has 1 fully saturated rings. The third-order valence-corrected chi connectivity index (χ3v) is 6.39. The molecule has 3 N–H and O–H groups in total. The molecule has 0 spiro atoms. The Labute approximate surface area is 198 Å². The quantitative estimate of drug-likeness (QED) is 0.440. The fourth-order valence-corrected chi connectivity index (χ4v) is 4.20. The minimum Gasteiger partial charge on any atom is -0.481 e. The van der Waals surface area contributed by atoms with Crippen molar-refractivity contribution in [1.82, 2.24) is 10.2 Å². The molecule has 2 heterocycles. The van der Waals surface area contributed by atoms with E-state index in [4.69, 9.17) is 9.84 Å². The van der Waals surface area contributed by atoms with Crippen molar-refractivity contribution in [3.8, 4) is 0 Å². The number of carboxylic acids is 1. The van der Waals surface area contributed by atoms with Gasteiger partial charge in [-0.25, -0.2) is 0 Å². The molecule has 2 aliphatic rings. The maximum Gasteiger partial charge on any atom is 0.306 e. The van der Waals surface area contributed by atoms with E-state index in [1.165, 1.54) is 0 Å². The van der Waals surface area contributed by atoms with E-state index in [9.17, 15) is 24.0 Å². The minimum absolute atomic E-state index is 0.0561. The molecule has 1 aromatic rings. The summed E-state index contributed by atoms with van der Waals surface area (Å²) in [6.45, 7) is 7.75. The summed E-state index contributed by atoms with van der Waals surface area (Å²) in [6.07, 6.45) is 1.10. The van der Waals surface area contributed by atoms with Gasteiger partial charge in [0.15, 0.2) is 0 Å². The monoisotopic (exact) mass is 473 g/mol. The van der Waals surface area contributed by atoms with Crippen LogP contribution in [-0.2, 0) is 19.1 Å². The Balaban J connectivity index is 1.74. The van der Waals surface area contributed by atoms with Gasteiger partial charge in [-0.15, -0.1) is 0 Å². The van der Waals surface area contributed by atoms with E-state index < -0.39 is 46.8 Å². The highest BCUT2D eigenvalue weighted by molar-refractivity contribution is 6.25. The van der Waals surface area contributed by atoms with Crippen LogP contribution in [0.4, 0.5) is 5.69 Å². The van der Waals surface area contributed by atoms with Crippen molar-refractivity contribution < 1.29 is 33.8 Å². The smallest absolute Gasteiger partial charge is 0.306 e. The molecular formula is C24H31N3O7. The largest absolute Gasteiger partial charge is 0.481 e. The summed E-state index contributed by atoms with van der Waals surface area (Å²) in [7, 11) is 0. The first-order valence-electron chi connectivity index (χ1n) is 11.4. The average Bonchev–Trinajstić information content (AvgIpc) is 2.98. The number of rotatable bonds is 10. The molecule has 10 nitrogen and oxygen atoms in total. The Morgan fingerprint density at radius 1 is 1.21 bits per heavy atom. The second kappa shape index (κ2) is 9.54. The predicted molar refractivity (Wildman–Crippen MR) is 122 cm³/mol. The lowest BCUT2D eigenvalue weighted by atomic mass is 9.97. The summed E-state index contributed by atoms with van der Waals surface area (Å²) in [5, 5.41) is 14.6. The molecular weight excluding hydrogens is 442 g/mol. The zero-order valence-corrected chi connectivity index (χ0v) is 19.9. The van der Waals surface area contributed by atoms with Gasteiger partial charge in [-0.1, -0.05) is 13.0 Å². The van der Waals surface area contributed by atoms with Crippen LogP contribution in [0.15, 0.2) is 18.2 Å². The molecule has 0 aliphatic carbocycles. The molecule has 0 bridgehead atoms. The summed E-state index contributed by atoms with van der Waals surface area (Å²) in [5.74, 6) is -3.15. The number of aliphatic carboxylic acids is 1. The molecule has 1 saturated heterocycles. The Bertz CT molecular complexity index is 1040. The van der Waals surface area contributed by atoms with Gasteiger partial charge in [0.1, 0.15) is 6.04 Å². The van der Waals surface area contributed by atoms with Gasteiger partial charge in [0.05, 0.1) is 23.1 Å². The van der Waals surface area contributed by atoms with E-state index in [0.717, 1.165) is 4.90 Å². The van der Waals surface area contributed by atoms with Crippen molar-refractivity contribution in [2.24, 2.45) is 0 Å². The highest BCUT2D eigenvalue weighted by Gasteiger charge is 2.46. The zero-order chi connectivity index (χ0) is 25.3. The number of carbonyl (C=O) groups is 5. The molecule has 10 heteroatoms. The normalized spacial score (nSPS) is 20.1. The number of piperidine rings is 1. The summed E-state index contributed by atoms with van der Waals surface area (Å²) < 4.78 is 5.89. The van der Waals surface area contributed by atoms with Crippen LogP contribution in [0.2, 0.25) is 0 Å². The van der Waals surface area contributed by atoms with Gasteiger partial charge in [0, 0.05) is 24.3 Å². The second-order valence-corrected chi connectivity index (χ2v) is 9.66. The fraction of sp³-hybridized carbons (Fsp3) is 0.542. The number of benzene rings is 1. The number of hydrogen-bond acceptors (Lipinski definition) is 7. The Kier molecular flexibility index (Phi) is 7.11. The van der Waals surface area contributed by atoms with Gasteiger partial charge in [0.2, 0.25) is 11.8 Å². The molecule has 2 aliphatic heterocycles. The maximum atomic E-state index is 13.2. The zero-order valence-electron chi connectivity index (χ0n) is 19.9. The molecule has 4 amide bonds. The first kappa shape index (κ1) is 25.4. The maximum absolute atomic E-state index is 13.2. The number of carbonyl (C=O) groups excluding carboxylic acids is 4. The predicted octanol–water partition coefficient (Wildman–Crippen LogP) is 2.33. The Morgan fingerprint density at radius 3 is 2.53 bits per heavy atom. The standard InChI is InChI=1S/C24H31N3O7/c1-5-24(4,13-18(29)30)34-12-11-23(2,3)26-15-8-6-7-14-19(15)22(33)27(21(14)32)16-9-10-17(28)25-20(16)31/h6-8,16,26H,5,9-13H2,1-4H3,(H,29,30)(H,25,28,31). The van der Waals surface area contributed by atoms with Crippen molar-refractivity contribution in [2.75, 3.05) is 11.9 Å². The topological polar surface area (TPSA) is 142 Å². The number of carboxylic acid groups (broad SMARTS) is 1. The fourth-order valence-electron chi connectivity index (χ4n) is 4.20. The highest BCUT2D eigenvalue weighted by atomic mass is 16.5. The number of amides is 4. The summed E-state index contributed by atoms with van der Waals surface area (Å²) in [6, 6.07) is 3.87. The van der Waals surface area contributed by atoms with Gasteiger partial charge in [-0.05, 0) is 52.2 Å². The first-order chi connectivity index (χ1) is 15.9. The Hall–Kier alpha value is -3.27. The number of hydrogen-bond donors (Lipinski definition) is 3. The number of fused-ring (bicyclic) bond motifs is 1. The van der Waals surface area contributed by atoms with Crippen molar-refractivity contribution >= 4 is 35.3 Å². The number of anilines is 1. The summed E-state index contributed by atoms with van der Waals surface area (Å²) in [4.78, 5) is 62.1. The highest BCUT2D eigenvalue weighted by Crippen LogP contribution is 2.34. The molecule has 2 unspecified atom stereocenters. The van der Waals surface area contributed by atoms with Crippen LogP contribution in [0.5, 0.6) is 0 Å². The molecule has 1 aromatic carbocycles. The van der Waals surface area contributed by atoms with Gasteiger partial charge in [-0.2, -0.15) is 0 Å². The third kappa shape index (κ3) is 5.27. The van der Waals surface area contributed by atoms with Crippen LogP contribution in [-0.4, -0.2) is 63.4 Å². The van der Waals surface area contributed by atoms with E-state index >= 15 is 0 Å². The lowest BCUT2D eigenvalue weighted by molar-refractivity contribution is -0.145. The van der Waals surface area contributed by atoms with Gasteiger partial charge in [0.25, 0.3) is 11.8 Å². The number of nitrogens with zero attached hydrogens (tertiary/aromatic N) is 1. The van der Waals surface area contributed by atoms with Gasteiger partial charge >= 0.3 is 5.97 Å². The van der Waals surface area contributed by atoms with Crippen LogP contribution in [0.3, 0.4) is 0 Å². The third-order valence-electron chi connectivity index (χ3n) is 6.39. The van der Waals surface area contributed by atoms with Gasteiger partial charge in [-0.3, -0.25) is 34.2 Å². The lowest BCUT2D eigenvalue weighted by Crippen LogP contribution is -2.54. The van der Waals surface area contributed by atoms with Crippen molar-refractivity contribution in [1.29, 1.82) is 0 Å². The average molecular weight is 474 g/mol. The van der Waals surface area contributed by atoms with Gasteiger partial charge < -0.3 is 15.2 Å². The molecule has 34 heavy (non-hydrogen) atoms.